The number of ether oxygens (including phenoxy) is 1. The van der Waals surface area contributed by atoms with Crippen LogP contribution in [0.3, 0.4) is 0 Å². The van der Waals surface area contributed by atoms with Crippen molar-refractivity contribution < 1.29 is 23.1 Å². The number of hydrogen-bond acceptors (Lipinski definition) is 5. The number of carbonyl (C=O) groups excluding carboxylic acids is 2. The molecule has 0 bridgehead atoms. The maximum Gasteiger partial charge on any atom is 0.231 e. The molecule has 2 saturated carbocycles. The van der Waals surface area contributed by atoms with E-state index in [9.17, 15) is 14.0 Å². The highest BCUT2D eigenvalue weighted by molar-refractivity contribution is 5.99. The second-order valence-electron chi connectivity index (χ2n) is 13.2. The van der Waals surface area contributed by atoms with Crippen molar-refractivity contribution >= 4 is 45.3 Å². The molecule has 2 fully saturated rings. The van der Waals surface area contributed by atoms with Crippen LogP contribution >= 0.6 is 0 Å². The van der Waals surface area contributed by atoms with Gasteiger partial charge in [0.1, 0.15) is 29.4 Å². The number of alkyl halides is 1. The smallest absolute Gasteiger partial charge is 0.231 e. The molecular formula is C39H36F2N6O3. The van der Waals surface area contributed by atoms with Gasteiger partial charge in [-0.05, 0) is 80.1 Å². The van der Waals surface area contributed by atoms with Crippen LogP contribution < -0.4 is 15.4 Å². The lowest BCUT2D eigenvalue weighted by atomic mass is 10.0. The van der Waals surface area contributed by atoms with Crippen molar-refractivity contribution in [1.29, 1.82) is 0 Å². The first-order valence-electron chi connectivity index (χ1n) is 16.8. The number of aromatic nitrogens is 4. The zero-order valence-corrected chi connectivity index (χ0v) is 28.0. The quantitative estimate of drug-likeness (QED) is 0.156. The summed E-state index contributed by atoms with van der Waals surface area (Å²) < 4.78 is 39.0. The summed E-state index contributed by atoms with van der Waals surface area (Å²) in [5.74, 6) is 0.157. The Morgan fingerprint density at radius 3 is 2.22 bits per heavy atom. The molecule has 4 aromatic heterocycles. The minimum absolute atomic E-state index is 0.0205. The fraction of sp³-hybridized carbons (Fsp3) is 0.282. The van der Waals surface area contributed by atoms with Gasteiger partial charge in [0, 0.05) is 41.4 Å². The van der Waals surface area contributed by atoms with Crippen LogP contribution in [0, 0.1) is 24.6 Å². The Bertz CT molecular complexity index is 2320. The number of nitrogens with zero attached hydrogens (tertiary/aromatic N) is 4. The number of methoxy groups -OCH3 is 1. The topological polar surface area (TPSA) is 103 Å². The summed E-state index contributed by atoms with van der Waals surface area (Å²) in [7, 11) is 3.54. The lowest BCUT2D eigenvalue weighted by molar-refractivity contribution is -0.118. The van der Waals surface area contributed by atoms with Gasteiger partial charge in [-0.2, -0.15) is 0 Å². The molecule has 2 aromatic carbocycles. The van der Waals surface area contributed by atoms with E-state index in [4.69, 9.17) is 4.74 Å². The third kappa shape index (κ3) is 5.56. The Labute approximate surface area is 287 Å². The highest BCUT2D eigenvalue weighted by Crippen LogP contribution is 2.41. The highest BCUT2D eigenvalue weighted by Gasteiger charge is 2.43. The van der Waals surface area contributed by atoms with Gasteiger partial charge >= 0.3 is 0 Å². The second-order valence-corrected chi connectivity index (χ2v) is 13.2. The minimum atomic E-state index is -1.11. The molecule has 0 radical (unpaired) electrons. The third-order valence-corrected chi connectivity index (χ3v) is 9.97. The van der Waals surface area contributed by atoms with Gasteiger partial charge < -0.3 is 24.5 Å². The van der Waals surface area contributed by atoms with Gasteiger partial charge in [0.15, 0.2) is 0 Å². The number of anilines is 2. The number of aryl methyl sites for hydroxylation is 4. The Balaban J connectivity index is 1.26. The van der Waals surface area contributed by atoms with Gasteiger partial charge in [0.25, 0.3) is 0 Å². The Kier molecular flexibility index (Phi) is 7.85. The van der Waals surface area contributed by atoms with E-state index < -0.39 is 12.1 Å². The van der Waals surface area contributed by atoms with Gasteiger partial charge in [0.05, 0.1) is 47.8 Å². The van der Waals surface area contributed by atoms with Gasteiger partial charge in [-0.1, -0.05) is 24.3 Å². The van der Waals surface area contributed by atoms with Crippen molar-refractivity contribution in [2.75, 3.05) is 17.7 Å². The van der Waals surface area contributed by atoms with E-state index in [0.29, 0.717) is 35.9 Å². The highest BCUT2D eigenvalue weighted by atomic mass is 19.1. The number of halogens is 2. The van der Waals surface area contributed by atoms with Crippen LogP contribution in [-0.4, -0.2) is 44.2 Å². The predicted molar refractivity (Wildman–Crippen MR) is 189 cm³/mol. The molecule has 254 valence electrons. The van der Waals surface area contributed by atoms with Gasteiger partial charge in [-0.3, -0.25) is 9.59 Å². The molecule has 6 aromatic rings. The second kappa shape index (κ2) is 12.4. The number of pyridine rings is 2. The normalized spacial score (nSPS) is 16.9. The fourth-order valence-electron chi connectivity index (χ4n) is 7.08. The number of hydrogen-bond donors (Lipinski definition) is 2. The number of nitrogens with one attached hydrogen (secondary N) is 2. The molecule has 8 rings (SSSR count). The van der Waals surface area contributed by atoms with Crippen molar-refractivity contribution in [3.05, 3.63) is 90.0 Å². The number of carbonyl (C=O) groups is 2. The van der Waals surface area contributed by atoms with E-state index in [0.717, 1.165) is 62.7 Å². The molecule has 0 aliphatic heterocycles. The van der Waals surface area contributed by atoms with Crippen molar-refractivity contribution in [2.45, 2.75) is 45.3 Å². The minimum Gasteiger partial charge on any atom is -0.496 e. The molecule has 2 amide bonds. The molecule has 2 N–H and O–H groups in total. The molecule has 50 heavy (non-hydrogen) atoms. The first-order chi connectivity index (χ1) is 24.2. The first kappa shape index (κ1) is 31.7. The lowest BCUT2D eigenvalue weighted by Crippen LogP contribution is -2.15. The Morgan fingerprint density at radius 2 is 1.54 bits per heavy atom. The standard InChI is InChI=1S/C39H36F2N6O3/c1-21-26-17-34(45-39(49)28-16-30(28)41)43-20-32(26)47(36(21)25-9-5-7-11-33(25)50-3)15-14-23-27-18-35(44-38(48)22-12-13-22)42-19-31(27)46(2)37(23)24-8-4-6-10-29(24)40/h4-11,17-20,22,28,30H,12-16H2,1-3H3,(H,42,44,48)(H,43,45,49)/t28-,30+/m1/s1. The first-order valence-corrected chi connectivity index (χ1v) is 16.8. The third-order valence-electron chi connectivity index (χ3n) is 9.97. The number of para-hydroxylation sites is 1. The average molecular weight is 675 g/mol. The maximum atomic E-state index is 15.5. The van der Waals surface area contributed by atoms with E-state index >= 15 is 4.39 Å². The van der Waals surface area contributed by atoms with Gasteiger partial charge in [-0.25, -0.2) is 18.7 Å². The Morgan fingerprint density at radius 1 is 0.900 bits per heavy atom. The van der Waals surface area contributed by atoms with E-state index in [1.807, 2.05) is 61.0 Å². The molecule has 11 heteroatoms. The van der Waals surface area contributed by atoms with Crippen molar-refractivity contribution in [3.8, 4) is 28.3 Å². The van der Waals surface area contributed by atoms with E-state index in [1.165, 1.54) is 6.07 Å². The van der Waals surface area contributed by atoms with Crippen molar-refractivity contribution in [1.82, 2.24) is 19.1 Å². The lowest BCUT2D eigenvalue weighted by Gasteiger charge is -2.16. The van der Waals surface area contributed by atoms with Crippen LogP contribution in [0.4, 0.5) is 20.4 Å². The molecule has 4 heterocycles. The molecule has 0 unspecified atom stereocenters. The van der Waals surface area contributed by atoms with Crippen molar-refractivity contribution in [2.24, 2.45) is 18.9 Å². The summed E-state index contributed by atoms with van der Waals surface area (Å²) in [6.45, 7) is 2.50. The zero-order valence-electron chi connectivity index (χ0n) is 28.0. The Hall–Kier alpha value is -5.58. The van der Waals surface area contributed by atoms with Crippen LogP contribution in [0.5, 0.6) is 5.75 Å². The van der Waals surface area contributed by atoms with E-state index in [2.05, 4.69) is 25.2 Å². The largest absolute Gasteiger partial charge is 0.496 e. The zero-order chi connectivity index (χ0) is 34.7. The molecule has 9 nitrogen and oxygen atoms in total. The summed E-state index contributed by atoms with van der Waals surface area (Å²) in [6.07, 6.45) is 4.83. The summed E-state index contributed by atoms with van der Waals surface area (Å²) in [5, 5.41) is 7.50. The van der Waals surface area contributed by atoms with Crippen LogP contribution in [0.1, 0.15) is 30.4 Å². The molecule has 2 aliphatic rings. The molecule has 2 atom stereocenters. The molecule has 0 saturated heterocycles. The fourth-order valence-corrected chi connectivity index (χ4v) is 7.08. The summed E-state index contributed by atoms with van der Waals surface area (Å²) >= 11 is 0. The number of rotatable bonds is 10. The number of benzene rings is 2. The van der Waals surface area contributed by atoms with Crippen LogP contribution in [0.2, 0.25) is 0 Å². The average Bonchev–Trinajstić information content (AvgIpc) is 4.05. The van der Waals surface area contributed by atoms with Gasteiger partial charge in [-0.15, -0.1) is 0 Å². The molecule has 2 aliphatic carbocycles. The summed E-state index contributed by atoms with van der Waals surface area (Å²) in [5.41, 5.74) is 6.51. The van der Waals surface area contributed by atoms with Crippen LogP contribution in [-0.2, 0) is 29.6 Å². The maximum absolute atomic E-state index is 15.5. The van der Waals surface area contributed by atoms with E-state index in [1.54, 1.807) is 31.6 Å². The summed E-state index contributed by atoms with van der Waals surface area (Å²) in [4.78, 5) is 34.4. The van der Waals surface area contributed by atoms with Gasteiger partial charge in [0.2, 0.25) is 11.8 Å². The van der Waals surface area contributed by atoms with Crippen LogP contribution in [0.15, 0.2) is 73.1 Å². The number of fused-ring (bicyclic) bond motifs is 2. The van der Waals surface area contributed by atoms with Crippen LogP contribution in [0.25, 0.3) is 44.3 Å². The van der Waals surface area contributed by atoms with E-state index in [-0.39, 0.29) is 30.0 Å². The SMILES string of the molecule is COc1ccccc1-c1c(C)c2cc(NC(=O)[C@@H]3C[C@@H]3F)ncc2n1CCc1c(-c2ccccc2F)n(C)c2cnc(NC(=O)C3CC3)cc12. The monoisotopic (exact) mass is 674 g/mol. The molecular weight excluding hydrogens is 638 g/mol. The predicted octanol–water partition coefficient (Wildman–Crippen LogP) is 7.60. The van der Waals surface area contributed by atoms with Crippen molar-refractivity contribution in [3.63, 3.8) is 0 Å². The summed E-state index contributed by atoms with van der Waals surface area (Å²) in [6, 6.07) is 18.2. The number of amides is 2. The molecule has 0 spiro atoms.